The van der Waals surface area contributed by atoms with Crippen LogP contribution in [0.15, 0.2) is 67.0 Å². The first kappa shape index (κ1) is 12.8. The van der Waals surface area contributed by atoms with E-state index in [1.54, 1.807) is 0 Å². The van der Waals surface area contributed by atoms with E-state index in [2.05, 4.69) is 59.7 Å². The van der Waals surface area contributed by atoms with Gasteiger partial charge in [-0.2, -0.15) is 0 Å². The fourth-order valence-corrected chi connectivity index (χ4v) is 2.69. The van der Waals surface area contributed by atoms with Gasteiger partial charge in [0.05, 0.1) is 0 Å². The topological polar surface area (TPSA) is 15.3 Å². The van der Waals surface area contributed by atoms with Gasteiger partial charge in [0.15, 0.2) is 0 Å². The van der Waals surface area contributed by atoms with E-state index in [4.69, 9.17) is 0 Å². The molecule has 0 aromatic heterocycles. The quantitative estimate of drug-likeness (QED) is 0.872. The number of nitrogens with one attached hydrogen (secondary N) is 1. The maximum absolute atomic E-state index is 3.31. The third-order valence-electron chi connectivity index (χ3n) is 3.86. The number of benzene rings is 2. The molecule has 20 heavy (non-hydrogen) atoms. The SMILES string of the molecule is CC1CCN(/C=C\Nc2ccccc2)c2ccccc21. The van der Waals surface area contributed by atoms with Crippen molar-refractivity contribution in [2.24, 2.45) is 0 Å². The number of para-hydroxylation sites is 2. The molecule has 0 bridgehead atoms. The molecule has 2 aromatic rings. The lowest BCUT2D eigenvalue weighted by Crippen LogP contribution is -2.25. The Morgan fingerprint density at radius 2 is 1.80 bits per heavy atom. The second-order valence-corrected chi connectivity index (χ2v) is 5.27. The Balaban J connectivity index is 1.74. The minimum atomic E-state index is 0.651. The molecule has 0 fully saturated rings. The standard InChI is InChI=1S/C18H20N2/c1-15-11-13-20(18-10-6-5-9-17(15)18)14-12-19-16-7-3-2-4-8-16/h2-10,12,14-15,19H,11,13H2,1H3/b14-12-. The van der Waals surface area contributed by atoms with Crippen molar-refractivity contribution >= 4 is 11.4 Å². The van der Waals surface area contributed by atoms with Gasteiger partial charge in [0, 0.05) is 30.3 Å². The highest BCUT2D eigenvalue weighted by Crippen LogP contribution is 2.34. The Labute approximate surface area is 120 Å². The first-order chi connectivity index (χ1) is 9.84. The van der Waals surface area contributed by atoms with E-state index in [-0.39, 0.29) is 0 Å². The van der Waals surface area contributed by atoms with Gasteiger partial charge in [0.1, 0.15) is 0 Å². The van der Waals surface area contributed by atoms with Gasteiger partial charge in [-0.25, -0.2) is 0 Å². The van der Waals surface area contributed by atoms with Gasteiger partial charge in [-0.1, -0.05) is 43.3 Å². The van der Waals surface area contributed by atoms with E-state index >= 15 is 0 Å². The molecule has 0 saturated heterocycles. The number of nitrogens with zero attached hydrogens (tertiary/aromatic N) is 1. The van der Waals surface area contributed by atoms with Crippen molar-refractivity contribution in [3.8, 4) is 0 Å². The number of fused-ring (bicyclic) bond motifs is 1. The molecule has 3 rings (SSSR count). The Morgan fingerprint density at radius 1 is 1.05 bits per heavy atom. The molecule has 1 atom stereocenters. The van der Waals surface area contributed by atoms with Crippen molar-refractivity contribution in [2.75, 3.05) is 16.8 Å². The molecule has 1 N–H and O–H groups in total. The lowest BCUT2D eigenvalue weighted by Gasteiger charge is -2.32. The smallest absolute Gasteiger partial charge is 0.0441 e. The molecule has 1 heterocycles. The Hall–Kier alpha value is -2.22. The second-order valence-electron chi connectivity index (χ2n) is 5.27. The molecule has 102 valence electrons. The molecule has 0 spiro atoms. The number of hydrogen-bond acceptors (Lipinski definition) is 2. The lowest BCUT2D eigenvalue weighted by molar-refractivity contribution is 0.647. The minimum absolute atomic E-state index is 0.651. The highest BCUT2D eigenvalue weighted by molar-refractivity contribution is 5.59. The van der Waals surface area contributed by atoms with Crippen molar-refractivity contribution < 1.29 is 0 Å². The lowest BCUT2D eigenvalue weighted by atomic mass is 9.92. The third kappa shape index (κ3) is 2.69. The van der Waals surface area contributed by atoms with Gasteiger partial charge < -0.3 is 10.2 Å². The monoisotopic (exact) mass is 264 g/mol. The fraction of sp³-hybridized carbons (Fsp3) is 0.222. The third-order valence-corrected chi connectivity index (χ3v) is 3.86. The Morgan fingerprint density at radius 3 is 2.65 bits per heavy atom. The van der Waals surface area contributed by atoms with E-state index in [0.29, 0.717) is 5.92 Å². The van der Waals surface area contributed by atoms with E-state index in [9.17, 15) is 0 Å². The number of anilines is 2. The van der Waals surface area contributed by atoms with Crippen LogP contribution in [-0.2, 0) is 0 Å². The van der Waals surface area contributed by atoms with Gasteiger partial charge in [-0.3, -0.25) is 0 Å². The van der Waals surface area contributed by atoms with Gasteiger partial charge in [-0.05, 0) is 36.1 Å². The van der Waals surface area contributed by atoms with Gasteiger partial charge in [-0.15, -0.1) is 0 Å². The fourth-order valence-electron chi connectivity index (χ4n) is 2.69. The average Bonchev–Trinajstić information content (AvgIpc) is 2.51. The van der Waals surface area contributed by atoms with Crippen LogP contribution < -0.4 is 10.2 Å². The molecule has 0 amide bonds. The number of hydrogen-bond donors (Lipinski definition) is 1. The van der Waals surface area contributed by atoms with Crippen LogP contribution in [0, 0.1) is 0 Å². The van der Waals surface area contributed by atoms with Gasteiger partial charge in [0.2, 0.25) is 0 Å². The maximum atomic E-state index is 3.31. The van der Waals surface area contributed by atoms with E-state index in [0.717, 1.165) is 12.2 Å². The summed E-state index contributed by atoms with van der Waals surface area (Å²) < 4.78 is 0. The predicted molar refractivity (Wildman–Crippen MR) is 86.0 cm³/mol. The Bertz CT molecular complexity index is 589. The summed E-state index contributed by atoms with van der Waals surface area (Å²) in [5.41, 5.74) is 3.89. The zero-order chi connectivity index (χ0) is 13.8. The van der Waals surface area contributed by atoms with Crippen molar-refractivity contribution in [3.05, 3.63) is 72.6 Å². The van der Waals surface area contributed by atoms with Crippen molar-refractivity contribution in [1.82, 2.24) is 0 Å². The first-order valence-electron chi connectivity index (χ1n) is 7.18. The molecule has 1 aliphatic rings. The van der Waals surface area contributed by atoms with Gasteiger partial charge >= 0.3 is 0 Å². The molecule has 0 aliphatic carbocycles. The maximum Gasteiger partial charge on any atom is 0.0441 e. The second kappa shape index (κ2) is 5.83. The summed E-state index contributed by atoms with van der Waals surface area (Å²) in [6.45, 7) is 3.38. The summed E-state index contributed by atoms with van der Waals surface area (Å²) in [5.74, 6) is 0.651. The first-order valence-corrected chi connectivity index (χ1v) is 7.18. The zero-order valence-corrected chi connectivity index (χ0v) is 11.8. The zero-order valence-electron chi connectivity index (χ0n) is 11.8. The summed E-state index contributed by atoms with van der Waals surface area (Å²) in [6.07, 6.45) is 5.35. The molecule has 2 heteroatoms. The summed E-state index contributed by atoms with van der Waals surface area (Å²) in [7, 11) is 0. The molecular weight excluding hydrogens is 244 g/mol. The van der Waals surface area contributed by atoms with Crippen LogP contribution in [0.3, 0.4) is 0 Å². The summed E-state index contributed by atoms with van der Waals surface area (Å²) in [6, 6.07) is 18.9. The summed E-state index contributed by atoms with van der Waals surface area (Å²) >= 11 is 0. The highest BCUT2D eigenvalue weighted by Gasteiger charge is 2.19. The van der Waals surface area contributed by atoms with Crippen molar-refractivity contribution in [3.63, 3.8) is 0 Å². The number of rotatable bonds is 3. The molecule has 1 unspecified atom stereocenters. The van der Waals surface area contributed by atoms with Crippen LogP contribution >= 0.6 is 0 Å². The van der Waals surface area contributed by atoms with Gasteiger partial charge in [0.25, 0.3) is 0 Å². The normalized spacial score (nSPS) is 18.1. The highest BCUT2D eigenvalue weighted by atomic mass is 15.1. The molecule has 0 saturated carbocycles. The predicted octanol–water partition coefficient (Wildman–Crippen LogP) is 4.58. The molecule has 1 aliphatic heterocycles. The molecular formula is C18H20N2. The van der Waals surface area contributed by atoms with Crippen LogP contribution in [0.2, 0.25) is 0 Å². The molecule has 0 radical (unpaired) electrons. The van der Waals surface area contributed by atoms with Crippen LogP contribution in [0.1, 0.15) is 24.8 Å². The van der Waals surface area contributed by atoms with E-state index < -0.39 is 0 Å². The average molecular weight is 264 g/mol. The van der Waals surface area contributed by atoms with Crippen LogP contribution in [-0.4, -0.2) is 6.54 Å². The van der Waals surface area contributed by atoms with Crippen molar-refractivity contribution in [2.45, 2.75) is 19.3 Å². The summed E-state index contributed by atoms with van der Waals surface area (Å²) in [5, 5.41) is 3.31. The summed E-state index contributed by atoms with van der Waals surface area (Å²) in [4.78, 5) is 2.32. The molecule has 2 nitrogen and oxygen atoms in total. The largest absolute Gasteiger partial charge is 0.360 e. The Kier molecular flexibility index (Phi) is 3.73. The van der Waals surface area contributed by atoms with Crippen LogP contribution in [0.4, 0.5) is 11.4 Å². The van der Waals surface area contributed by atoms with Crippen LogP contribution in [0.5, 0.6) is 0 Å². The van der Waals surface area contributed by atoms with E-state index in [1.807, 2.05) is 24.4 Å². The van der Waals surface area contributed by atoms with Crippen LogP contribution in [0.25, 0.3) is 0 Å². The van der Waals surface area contributed by atoms with Crippen molar-refractivity contribution in [1.29, 1.82) is 0 Å². The molecule has 2 aromatic carbocycles. The minimum Gasteiger partial charge on any atom is -0.360 e. The van der Waals surface area contributed by atoms with E-state index in [1.165, 1.54) is 17.7 Å².